The van der Waals surface area contributed by atoms with E-state index in [9.17, 15) is 29.1 Å². The molecule has 4 amide bonds. The van der Waals surface area contributed by atoms with Gasteiger partial charge in [-0.15, -0.1) is 0 Å². The summed E-state index contributed by atoms with van der Waals surface area (Å²) in [6.45, 7) is 3.82. The number of aromatic nitrogens is 4. The maximum Gasteiger partial charge on any atom is 0.326 e. The number of amides is 4. The second-order valence-electron chi connectivity index (χ2n) is 9.32. The fraction of sp³-hybridized carbons (Fsp3) is 0.522. The van der Waals surface area contributed by atoms with Crippen molar-refractivity contribution in [3.8, 4) is 0 Å². The van der Waals surface area contributed by atoms with E-state index in [4.69, 9.17) is 11.5 Å². The van der Waals surface area contributed by atoms with Crippen molar-refractivity contribution in [2.24, 2.45) is 17.4 Å². The van der Waals surface area contributed by atoms with Crippen LogP contribution in [0.5, 0.6) is 0 Å². The third-order valence-electron chi connectivity index (χ3n) is 5.58. The highest BCUT2D eigenvalue weighted by Gasteiger charge is 2.31. The van der Waals surface area contributed by atoms with E-state index in [0.717, 1.165) is 0 Å². The molecule has 4 unspecified atom stereocenters. The standard InChI is InChI=1S/C23H35N9O6/c1-12(2)5-15(24)20(34)31-17(6-13-8-26-10-28-13)22(36)32-18(7-14-9-27-11-29-14)21(35)30-16(23(37)38)3-4-19(25)33/h8-12,15-18H,3-7,24H2,1-2H3,(H2,25,33)(H,26,28)(H,27,29)(H,30,35)(H,31,34)(H,32,36)(H,37,38). The first-order valence-electron chi connectivity index (χ1n) is 12.1. The number of hydrogen-bond acceptors (Lipinski definition) is 8. The number of nitrogens with zero attached hydrogens (tertiary/aromatic N) is 2. The van der Waals surface area contributed by atoms with Gasteiger partial charge in [0.2, 0.25) is 23.6 Å². The number of carboxylic acid groups (broad SMARTS) is 1. The highest BCUT2D eigenvalue weighted by atomic mass is 16.4. The van der Waals surface area contributed by atoms with Crippen LogP contribution in [0.1, 0.15) is 44.5 Å². The highest BCUT2D eigenvalue weighted by molar-refractivity contribution is 5.94. The number of H-pyrrole nitrogens is 2. The molecule has 0 spiro atoms. The minimum Gasteiger partial charge on any atom is -0.480 e. The van der Waals surface area contributed by atoms with Crippen molar-refractivity contribution in [3.63, 3.8) is 0 Å². The van der Waals surface area contributed by atoms with Crippen molar-refractivity contribution >= 4 is 29.6 Å². The summed E-state index contributed by atoms with van der Waals surface area (Å²) in [5, 5.41) is 17.0. The lowest BCUT2D eigenvalue weighted by Crippen LogP contribution is -2.58. The average Bonchev–Trinajstić information content (AvgIpc) is 3.54. The molecule has 0 fully saturated rings. The van der Waals surface area contributed by atoms with Crippen molar-refractivity contribution in [2.75, 3.05) is 0 Å². The number of rotatable bonds is 16. The minimum absolute atomic E-state index is 0.0285. The van der Waals surface area contributed by atoms with E-state index in [1.807, 2.05) is 13.8 Å². The van der Waals surface area contributed by atoms with Crippen LogP contribution in [0.2, 0.25) is 0 Å². The molecule has 0 saturated heterocycles. The summed E-state index contributed by atoms with van der Waals surface area (Å²) in [4.78, 5) is 75.4. The predicted molar refractivity (Wildman–Crippen MR) is 134 cm³/mol. The van der Waals surface area contributed by atoms with Gasteiger partial charge in [0, 0.05) is 43.0 Å². The SMILES string of the molecule is CC(C)CC(N)C(=O)NC(Cc1cnc[nH]1)C(=O)NC(Cc1cnc[nH]1)C(=O)NC(CCC(N)=O)C(=O)O. The maximum absolute atomic E-state index is 13.3. The van der Waals surface area contributed by atoms with Crippen LogP contribution in [0.4, 0.5) is 0 Å². The Hall–Kier alpha value is -4.27. The lowest BCUT2D eigenvalue weighted by Gasteiger charge is -2.25. The number of carbonyl (C=O) groups excluding carboxylic acids is 4. The molecule has 2 heterocycles. The van der Waals surface area contributed by atoms with Gasteiger partial charge in [-0.2, -0.15) is 0 Å². The Bertz CT molecular complexity index is 1070. The number of primary amides is 1. The van der Waals surface area contributed by atoms with Gasteiger partial charge in [0.15, 0.2) is 0 Å². The Kier molecular flexibility index (Phi) is 11.4. The fourth-order valence-electron chi connectivity index (χ4n) is 3.63. The Balaban J connectivity index is 2.23. The molecule has 2 aromatic rings. The quantitative estimate of drug-likeness (QED) is 0.120. The zero-order valence-corrected chi connectivity index (χ0v) is 21.3. The van der Waals surface area contributed by atoms with Crippen LogP contribution in [-0.2, 0) is 36.8 Å². The Morgan fingerprint density at radius 3 is 1.74 bits per heavy atom. The van der Waals surface area contributed by atoms with Crippen molar-refractivity contribution < 1.29 is 29.1 Å². The molecule has 0 bridgehead atoms. The largest absolute Gasteiger partial charge is 0.480 e. The molecule has 0 saturated carbocycles. The van der Waals surface area contributed by atoms with E-state index in [0.29, 0.717) is 17.8 Å². The molecule has 0 radical (unpaired) electrons. The number of imidazole rings is 2. The van der Waals surface area contributed by atoms with Crippen LogP contribution in [0.3, 0.4) is 0 Å². The predicted octanol–water partition coefficient (Wildman–Crippen LogP) is -1.90. The summed E-state index contributed by atoms with van der Waals surface area (Å²) in [6.07, 6.45) is 5.63. The molecule has 4 atom stereocenters. The third kappa shape index (κ3) is 10.0. The Morgan fingerprint density at radius 1 is 0.868 bits per heavy atom. The normalized spacial score (nSPS) is 14.2. The zero-order valence-electron chi connectivity index (χ0n) is 21.3. The van der Waals surface area contributed by atoms with Gasteiger partial charge >= 0.3 is 5.97 Å². The molecular weight excluding hydrogens is 498 g/mol. The van der Waals surface area contributed by atoms with Crippen LogP contribution in [0.25, 0.3) is 0 Å². The number of nitrogens with one attached hydrogen (secondary N) is 5. The van der Waals surface area contributed by atoms with Gasteiger partial charge < -0.3 is 42.5 Å². The third-order valence-corrected chi connectivity index (χ3v) is 5.58. The monoisotopic (exact) mass is 533 g/mol. The molecule has 0 aliphatic carbocycles. The number of aliphatic carboxylic acids is 1. The number of hydrogen-bond donors (Lipinski definition) is 8. The minimum atomic E-state index is -1.41. The molecule has 38 heavy (non-hydrogen) atoms. The smallest absolute Gasteiger partial charge is 0.326 e. The van der Waals surface area contributed by atoms with Gasteiger partial charge in [-0.05, 0) is 18.8 Å². The summed E-state index contributed by atoms with van der Waals surface area (Å²) in [7, 11) is 0. The topological polar surface area (TPSA) is 251 Å². The second kappa shape index (κ2) is 14.5. The average molecular weight is 534 g/mol. The number of aromatic amines is 2. The fourth-order valence-corrected chi connectivity index (χ4v) is 3.63. The van der Waals surface area contributed by atoms with Gasteiger partial charge in [0.1, 0.15) is 18.1 Å². The molecular formula is C23H35N9O6. The molecule has 2 rings (SSSR count). The second-order valence-corrected chi connectivity index (χ2v) is 9.32. The first-order valence-corrected chi connectivity index (χ1v) is 12.1. The van der Waals surface area contributed by atoms with E-state index in [2.05, 4.69) is 35.9 Å². The van der Waals surface area contributed by atoms with E-state index < -0.39 is 53.8 Å². The van der Waals surface area contributed by atoms with Crippen LogP contribution >= 0.6 is 0 Å². The number of nitrogens with two attached hydrogens (primary N) is 2. The van der Waals surface area contributed by atoms with Crippen molar-refractivity contribution in [1.29, 1.82) is 0 Å². The number of carbonyl (C=O) groups is 5. The van der Waals surface area contributed by atoms with E-state index in [1.165, 1.54) is 25.0 Å². The number of carboxylic acids is 1. The zero-order chi connectivity index (χ0) is 28.2. The van der Waals surface area contributed by atoms with Crippen LogP contribution in [-0.4, -0.2) is 78.8 Å². The molecule has 15 heteroatoms. The first-order chi connectivity index (χ1) is 18.0. The van der Waals surface area contributed by atoms with Crippen LogP contribution in [0.15, 0.2) is 25.0 Å². The molecule has 0 aliphatic heterocycles. The van der Waals surface area contributed by atoms with Gasteiger partial charge in [-0.1, -0.05) is 13.8 Å². The van der Waals surface area contributed by atoms with Gasteiger partial charge in [-0.25, -0.2) is 14.8 Å². The summed E-state index contributed by atoms with van der Waals surface area (Å²) < 4.78 is 0. The Morgan fingerprint density at radius 2 is 1.34 bits per heavy atom. The van der Waals surface area contributed by atoms with Gasteiger partial charge in [0.25, 0.3) is 0 Å². The van der Waals surface area contributed by atoms with E-state index in [1.54, 1.807) is 0 Å². The summed E-state index contributed by atoms with van der Waals surface area (Å²) in [6, 6.07) is -4.63. The first kappa shape index (κ1) is 30.0. The Labute approximate surface area is 218 Å². The summed E-state index contributed by atoms with van der Waals surface area (Å²) in [5.41, 5.74) is 12.1. The van der Waals surface area contributed by atoms with Gasteiger partial charge in [-0.3, -0.25) is 19.2 Å². The molecule has 15 nitrogen and oxygen atoms in total. The van der Waals surface area contributed by atoms with Crippen LogP contribution < -0.4 is 27.4 Å². The molecule has 2 aromatic heterocycles. The lowest BCUT2D eigenvalue weighted by molar-refractivity contribution is -0.142. The van der Waals surface area contributed by atoms with Gasteiger partial charge in [0.05, 0.1) is 18.7 Å². The highest BCUT2D eigenvalue weighted by Crippen LogP contribution is 2.07. The van der Waals surface area contributed by atoms with E-state index in [-0.39, 0.29) is 31.6 Å². The van der Waals surface area contributed by atoms with Crippen molar-refractivity contribution in [1.82, 2.24) is 35.9 Å². The summed E-state index contributed by atoms with van der Waals surface area (Å²) >= 11 is 0. The van der Waals surface area contributed by atoms with Crippen molar-refractivity contribution in [2.45, 2.75) is 70.1 Å². The lowest BCUT2D eigenvalue weighted by atomic mass is 10.0. The molecule has 0 aliphatic rings. The van der Waals surface area contributed by atoms with Crippen LogP contribution in [0, 0.1) is 5.92 Å². The molecule has 208 valence electrons. The molecule has 0 aromatic carbocycles. The maximum atomic E-state index is 13.3. The molecule has 10 N–H and O–H groups in total. The summed E-state index contributed by atoms with van der Waals surface area (Å²) in [5.74, 6) is -3.99. The van der Waals surface area contributed by atoms with Crippen molar-refractivity contribution in [3.05, 3.63) is 36.4 Å². The van der Waals surface area contributed by atoms with E-state index >= 15 is 0 Å².